The number of amides is 1. The zero-order valence-electron chi connectivity index (χ0n) is 10.6. The second-order valence-corrected chi connectivity index (χ2v) is 5.30. The lowest BCUT2D eigenvalue weighted by Gasteiger charge is -2.23. The molecule has 6 nitrogen and oxygen atoms in total. The molecule has 0 aliphatic carbocycles. The average molecular weight is 377 g/mol. The summed E-state index contributed by atoms with van der Waals surface area (Å²) in [6.45, 7) is 2.88. The largest absolute Gasteiger partial charge is 0.368 e. The van der Waals surface area contributed by atoms with E-state index < -0.39 is 10.8 Å². The maximum atomic E-state index is 11.1. The Kier molecular flexibility index (Phi) is 6.00. The maximum absolute atomic E-state index is 11.1. The lowest BCUT2D eigenvalue weighted by molar-refractivity contribution is -0.385. The number of halogens is 1. The zero-order valence-corrected chi connectivity index (χ0v) is 12.8. The molecule has 0 radical (unpaired) electrons. The number of nitrogens with two attached hydrogens (primary N) is 1. The van der Waals surface area contributed by atoms with Gasteiger partial charge in [-0.15, -0.1) is 0 Å². The average Bonchev–Trinajstić information content (AvgIpc) is 2.33. The van der Waals surface area contributed by atoms with E-state index in [4.69, 9.17) is 5.73 Å². The molecule has 1 aromatic rings. The van der Waals surface area contributed by atoms with Gasteiger partial charge < -0.3 is 10.6 Å². The number of nitrogens with zero attached hydrogens (tertiary/aromatic N) is 2. The molecule has 0 bridgehead atoms. The third-order valence-corrected chi connectivity index (χ3v) is 3.49. The number of nitro benzene ring substituents is 1. The molecule has 1 rings (SSSR count). The first-order chi connectivity index (χ1) is 8.95. The van der Waals surface area contributed by atoms with E-state index in [1.54, 1.807) is 12.1 Å². The van der Waals surface area contributed by atoms with E-state index in [1.807, 2.05) is 27.5 Å². The standard InChI is InChI=1S/C12H16IN3O3/c1-2-3-6-15(8-12(14)17)9-4-5-11(16(18)19)10(13)7-9/h4-5,7H,2-3,6,8H2,1H3,(H2,14,17). The summed E-state index contributed by atoms with van der Waals surface area (Å²) in [5.41, 5.74) is 6.08. The molecule has 7 heteroatoms. The SMILES string of the molecule is CCCCN(CC(N)=O)c1ccc([N+](=O)[O-])c(I)c1. The fourth-order valence-electron chi connectivity index (χ4n) is 1.68. The van der Waals surface area contributed by atoms with Crippen LogP contribution in [0.4, 0.5) is 11.4 Å². The van der Waals surface area contributed by atoms with Crippen molar-refractivity contribution in [3.05, 3.63) is 31.9 Å². The normalized spacial score (nSPS) is 10.2. The monoisotopic (exact) mass is 377 g/mol. The van der Waals surface area contributed by atoms with Crippen LogP contribution in [0.2, 0.25) is 0 Å². The summed E-state index contributed by atoms with van der Waals surface area (Å²) in [6.07, 6.45) is 1.93. The Bertz CT molecular complexity index is 479. The molecule has 0 fully saturated rings. The minimum atomic E-state index is -0.421. The molecular weight excluding hydrogens is 361 g/mol. The van der Waals surface area contributed by atoms with Crippen LogP contribution in [0.15, 0.2) is 18.2 Å². The zero-order chi connectivity index (χ0) is 14.4. The number of carbonyl (C=O) groups excluding carboxylic acids is 1. The highest BCUT2D eigenvalue weighted by Gasteiger charge is 2.15. The van der Waals surface area contributed by atoms with Crippen LogP contribution < -0.4 is 10.6 Å². The summed E-state index contributed by atoms with van der Waals surface area (Å²) in [6, 6.07) is 4.81. The Balaban J connectivity index is 2.98. The third kappa shape index (κ3) is 4.66. The number of hydrogen-bond acceptors (Lipinski definition) is 4. The van der Waals surface area contributed by atoms with Crippen LogP contribution in [0.3, 0.4) is 0 Å². The minimum absolute atomic E-state index is 0.0684. The maximum Gasteiger partial charge on any atom is 0.282 e. The topological polar surface area (TPSA) is 89.5 Å². The first-order valence-corrected chi connectivity index (χ1v) is 7.00. The van der Waals surface area contributed by atoms with Crippen LogP contribution >= 0.6 is 22.6 Å². The van der Waals surface area contributed by atoms with Gasteiger partial charge in [-0.05, 0) is 41.1 Å². The van der Waals surface area contributed by atoms with Gasteiger partial charge >= 0.3 is 0 Å². The fourth-order valence-corrected chi connectivity index (χ4v) is 2.37. The molecule has 104 valence electrons. The predicted octanol–water partition coefficient (Wildman–Crippen LogP) is 2.29. The lowest BCUT2D eigenvalue weighted by Crippen LogP contribution is -2.34. The molecular formula is C12H16IN3O3. The number of primary amides is 1. The van der Waals surface area contributed by atoms with Gasteiger partial charge in [0.1, 0.15) is 0 Å². The highest BCUT2D eigenvalue weighted by atomic mass is 127. The van der Waals surface area contributed by atoms with Crippen molar-refractivity contribution in [2.45, 2.75) is 19.8 Å². The molecule has 0 heterocycles. The van der Waals surface area contributed by atoms with Gasteiger partial charge in [0.25, 0.3) is 5.69 Å². The van der Waals surface area contributed by atoms with Crippen molar-refractivity contribution in [2.24, 2.45) is 5.73 Å². The molecule has 0 atom stereocenters. The van der Waals surface area contributed by atoms with Gasteiger partial charge in [-0.3, -0.25) is 14.9 Å². The summed E-state index contributed by atoms with van der Waals surface area (Å²) in [5, 5.41) is 10.8. The summed E-state index contributed by atoms with van der Waals surface area (Å²) in [7, 11) is 0. The second kappa shape index (κ2) is 7.27. The molecule has 1 aromatic carbocycles. The van der Waals surface area contributed by atoms with Crippen LogP contribution in [0, 0.1) is 13.7 Å². The van der Waals surface area contributed by atoms with Crippen LogP contribution in [-0.4, -0.2) is 23.9 Å². The number of unbranched alkanes of at least 4 members (excludes halogenated alkanes) is 1. The number of carbonyl (C=O) groups is 1. The summed E-state index contributed by atoms with van der Waals surface area (Å²) in [5.74, 6) is -0.413. The van der Waals surface area contributed by atoms with Crippen molar-refractivity contribution in [1.29, 1.82) is 0 Å². The molecule has 0 aliphatic rings. The Hall–Kier alpha value is -1.38. The van der Waals surface area contributed by atoms with E-state index in [9.17, 15) is 14.9 Å². The van der Waals surface area contributed by atoms with E-state index in [-0.39, 0.29) is 12.2 Å². The third-order valence-electron chi connectivity index (χ3n) is 2.62. The van der Waals surface area contributed by atoms with Crippen molar-refractivity contribution >= 4 is 39.9 Å². The van der Waals surface area contributed by atoms with Crippen molar-refractivity contribution in [3.8, 4) is 0 Å². The van der Waals surface area contributed by atoms with E-state index >= 15 is 0 Å². The van der Waals surface area contributed by atoms with Crippen molar-refractivity contribution in [1.82, 2.24) is 0 Å². The van der Waals surface area contributed by atoms with E-state index in [0.717, 1.165) is 18.5 Å². The van der Waals surface area contributed by atoms with Crippen LogP contribution in [-0.2, 0) is 4.79 Å². The predicted molar refractivity (Wildman–Crippen MR) is 82.1 cm³/mol. The van der Waals surface area contributed by atoms with Gasteiger partial charge in [0.15, 0.2) is 0 Å². The van der Waals surface area contributed by atoms with Gasteiger partial charge in [0, 0.05) is 18.3 Å². The van der Waals surface area contributed by atoms with Gasteiger partial charge in [0.2, 0.25) is 5.91 Å². The quantitative estimate of drug-likeness (QED) is 0.449. The van der Waals surface area contributed by atoms with Gasteiger partial charge in [-0.1, -0.05) is 13.3 Å². The molecule has 1 amide bonds. The molecule has 2 N–H and O–H groups in total. The number of benzene rings is 1. The smallest absolute Gasteiger partial charge is 0.282 e. The highest BCUT2D eigenvalue weighted by Crippen LogP contribution is 2.26. The number of rotatable bonds is 7. The van der Waals surface area contributed by atoms with Gasteiger partial charge in [0.05, 0.1) is 15.0 Å². The minimum Gasteiger partial charge on any atom is -0.368 e. The van der Waals surface area contributed by atoms with Crippen LogP contribution in [0.25, 0.3) is 0 Å². The molecule has 19 heavy (non-hydrogen) atoms. The van der Waals surface area contributed by atoms with E-state index in [2.05, 4.69) is 6.92 Å². The highest BCUT2D eigenvalue weighted by molar-refractivity contribution is 14.1. The Morgan fingerprint density at radius 2 is 2.21 bits per heavy atom. The van der Waals surface area contributed by atoms with Gasteiger partial charge in [-0.25, -0.2) is 0 Å². The Morgan fingerprint density at radius 3 is 2.68 bits per heavy atom. The first kappa shape index (κ1) is 15.7. The fraction of sp³-hybridized carbons (Fsp3) is 0.417. The Labute approximate surface area is 125 Å². The summed E-state index contributed by atoms with van der Waals surface area (Å²) in [4.78, 5) is 23.3. The number of hydrogen-bond donors (Lipinski definition) is 1. The van der Waals surface area contributed by atoms with Crippen LogP contribution in [0.1, 0.15) is 19.8 Å². The van der Waals surface area contributed by atoms with E-state index in [1.165, 1.54) is 6.07 Å². The molecule has 0 saturated heterocycles. The summed E-state index contributed by atoms with van der Waals surface area (Å²) >= 11 is 1.92. The molecule has 0 aromatic heterocycles. The Morgan fingerprint density at radius 1 is 1.53 bits per heavy atom. The van der Waals surface area contributed by atoms with E-state index in [0.29, 0.717) is 10.1 Å². The van der Waals surface area contributed by atoms with Gasteiger partial charge in [-0.2, -0.15) is 0 Å². The lowest BCUT2D eigenvalue weighted by atomic mass is 10.2. The molecule has 0 spiro atoms. The molecule has 0 saturated carbocycles. The van der Waals surface area contributed by atoms with Crippen molar-refractivity contribution in [3.63, 3.8) is 0 Å². The second-order valence-electron chi connectivity index (χ2n) is 4.13. The molecule has 0 unspecified atom stereocenters. The van der Waals surface area contributed by atoms with Crippen molar-refractivity contribution in [2.75, 3.05) is 18.0 Å². The summed E-state index contributed by atoms with van der Waals surface area (Å²) < 4.78 is 0.547. The number of anilines is 1. The molecule has 0 aliphatic heterocycles. The van der Waals surface area contributed by atoms with Crippen LogP contribution in [0.5, 0.6) is 0 Å². The number of nitro groups is 1. The van der Waals surface area contributed by atoms with Crippen molar-refractivity contribution < 1.29 is 9.72 Å². The first-order valence-electron chi connectivity index (χ1n) is 5.93.